The van der Waals surface area contributed by atoms with Crippen LogP contribution < -0.4 is 4.72 Å². The quantitative estimate of drug-likeness (QED) is 0.592. The highest BCUT2D eigenvalue weighted by Crippen LogP contribution is 2.23. The van der Waals surface area contributed by atoms with E-state index in [9.17, 15) is 13.2 Å². The molecule has 3 rings (SSSR count). The molecule has 5 nitrogen and oxygen atoms in total. The number of hydrogen-bond donors (Lipinski definition) is 1. The van der Waals surface area contributed by atoms with Crippen LogP contribution in [0.15, 0.2) is 65.6 Å². The molecular weight excluding hydrogens is 408 g/mol. The summed E-state index contributed by atoms with van der Waals surface area (Å²) in [6.45, 7) is 8.08. The Morgan fingerprint density at radius 2 is 1.48 bits per heavy atom. The topological polar surface area (TPSA) is 66.5 Å². The first-order valence-electron chi connectivity index (χ1n) is 10.1. The molecule has 162 valence electrons. The summed E-state index contributed by atoms with van der Waals surface area (Å²) in [5.41, 5.74) is 5.66. The summed E-state index contributed by atoms with van der Waals surface area (Å²) in [6, 6.07) is 18.2. The van der Waals surface area contributed by atoms with Gasteiger partial charge in [0.15, 0.2) is 0 Å². The maximum absolute atomic E-state index is 13.1. The lowest BCUT2D eigenvalue weighted by Crippen LogP contribution is -2.26. The zero-order chi connectivity index (χ0) is 22.8. The molecule has 6 heteroatoms. The molecule has 0 aliphatic carbocycles. The molecule has 0 radical (unpaired) electrons. The van der Waals surface area contributed by atoms with E-state index in [0.717, 1.165) is 22.3 Å². The van der Waals surface area contributed by atoms with E-state index in [1.54, 1.807) is 43.1 Å². The van der Waals surface area contributed by atoms with Crippen molar-refractivity contribution in [2.24, 2.45) is 0 Å². The monoisotopic (exact) mass is 436 g/mol. The minimum Gasteiger partial charge on any atom is -0.337 e. The minimum absolute atomic E-state index is 0.0975. The number of hydrogen-bond acceptors (Lipinski definition) is 3. The number of carbonyl (C=O) groups excluding carboxylic acids is 1. The second-order valence-electron chi connectivity index (χ2n) is 8.03. The summed E-state index contributed by atoms with van der Waals surface area (Å²) in [5, 5.41) is 0. The van der Waals surface area contributed by atoms with Gasteiger partial charge in [-0.15, -0.1) is 0 Å². The summed E-state index contributed by atoms with van der Waals surface area (Å²) in [4.78, 5) is 14.6. The number of nitrogens with zero attached hydrogens (tertiary/aromatic N) is 1. The Labute approximate surface area is 184 Å². The molecule has 3 aromatic rings. The van der Waals surface area contributed by atoms with Gasteiger partial charge in [0.1, 0.15) is 0 Å². The number of rotatable bonds is 6. The second-order valence-corrected chi connectivity index (χ2v) is 9.68. The maximum atomic E-state index is 13.1. The zero-order valence-electron chi connectivity index (χ0n) is 18.6. The average Bonchev–Trinajstić information content (AvgIpc) is 2.72. The predicted octanol–water partition coefficient (Wildman–Crippen LogP) is 4.99. The average molecular weight is 437 g/mol. The van der Waals surface area contributed by atoms with E-state index < -0.39 is 10.0 Å². The van der Waals surface area contributed by atoms with Crippen molar-refractivity contribution in [3.05, 3.63) is 94.0 Å². The predicted molar refractivity (Wildman–Crippen MR) is 125 cm³/mol. The number of nitrogens with one attached hydrogen (secondary N) is 1. The van der Waals surface area contributed by atoms with Crippen LogP contribution in [0.4, 0.5) is 5.69 Å². The van der Waals surface area contributed by atoms with Crippen LogP contribution in [0.5, 0.6) is 0 Å². The van der Waals surface area contributed by atoms with Crippen LogP contribution in [0.1, 0.15) is 38.2 Å². The molecule has 0 aliphatic heterocycles. The van der Waals surface area contributed by atoms with Gasteiger partial charge in [-0.25, -0.2) is 8.42 Å². The van der Waals surface area contributed by atoms with E-state index in [-0.39, 0.29) is 10.8 Å². The molecule has 31 heavy (non-hydrogen) atoms. The first-order chi connectivity index (χ1) is 14.6. The van der Waals surface area contributed by atoms with Gasteiger partial charge in [0.05, 0.1) is 4.90 Å². The fraction of sp³-hybridized carbons (Fsp3) is 0.240. The van der Waals surface area contributed by atoms with Crippen molar-refractivity contribution in [3.63, 3.8) is 0 Å². The molecule has 0 aromatic heterocycles. The smallest absolute Gasteiger partial charge is 0.262 e. The van der Waals surface area contributed by atoms with E-state index in [1.807, 2.05) is 51.1 Å². The van der Waals surface area contributed by atoms with Crippen molar-refractivity contribution in [2.45, 2.75) is 39.1 Å². The van der Waals surface area contributed by atoms with Gasteiger partial charge in [0.25, 0.3) is 15.9 Å². The van der Waals surface area contributed by atoms with Crippen LogP contribution in [-0.2, 0) is 16.6 Å². The van der Waals surface area contributed by atoms with E-state index in [1.165, 1.54) is 6.07 Å². The van der Waals surface area contributed by atoms with Crippen molar-refractivity contribution in [3.8, 4) is 0 Å². The highest BCUT2D eigenvalue weighted by molar-refractivity contribution is 7.92. The van der Waals surface area contributed by atoms with Crippen LogP contribution in [0.3, 0.4) is 0 Å². The number of amides is 1. The van der Waals surface area contributed by atoms with Crippen molar-refractivity contribution in [1.29, 1.82) is 0 Å². The van der Waals surface area contributed by atoms with Crippen molar-refractivity contribution < 1.29 is 13.2 Å². The van der Waals surface area contributed by atoms with Crippen LogP contribution in [0.2, 0.25) is 0 Å². The van der Waals surface area contributed by atoms with E-state index in [4.69, 9.17) is 0 Å². The van der Waals surface area contributed by atoms with Crippen molar-refractivity contribution in [2.75, 3.05) is 11.8 Å². The lowest BCUT2D eigenvalue weighted by molar-refractivity contribution is 0.0785. The van der Waals surface area contributed by atoms with Gasteiger partial charge >= 0.3 is 0 Å². The van der Waals surface area contributed by atoms with Gasteiger partial charge in [0, 0.05) is 24.8 Å². The first kappa shape index (κ1) is 22.6. The third kappa shape index (κ3) is 5.33. The molecule has 0 unspecified atom stereocenters. The van der Waals surface area contributed by atoms with Crippen LogP contribution in [0, 0.1) is 27.7 Å². The Balaban J connectivity index is 1.85. The van der Waals surface area contributed by atoms with Gasteiger partial charge in [-0.2, -0.15) is 0 Å². The van der Waals surface area contributed by atoms with Gasteiger partial charge in [0.2, 0.25) is 0 Å². The summed E-state index contributed by atoms with van der Waals surface area (Å²) in [7, 11) is -2.13. The molecule has 0 aliphatic rings. The van der Waals surface area contributed by atoms with E-state index in [2.05, 4.69) is 4.72 Å². The molecular formula is C25H28N2O3S. The molecule has 0 atom stereocenters. The molecule has 0 heterocycles. The lowest BCUT2D eigenvalue weighted by atomic mass is 10.1. The SMILES string of the molecule is Cc1ccc(CN(C)C(=O)c2ccc(C)c(S(=O)(=O)Nc3ccc(C)c(C)c3)c2)cc1. The lowest BCUT2D eigenvalue weighted by Gasteiger charge is -2.19. The van der Waals surface area contributed by atoms with E-state index >= 15 is 0 Å². The van der Waals surface area contributed by atoms with Gasteiger partial charge in [-0.1, -0.05) is 42.0 Å². The highest BCUT2D eigenvalue weighted by atomic mass is 32.2. The number of carbonyl (C=O) groups is 1. The third-order valence-electron chi connectivity index (χ3n) is 5.37. The Kier molecular flexibility index (Phi) is 6.51. The van der Waals surface area contributed by atoms with Crippen LogP contribution >= 0.6 is 0 Å². The fourth-order valence-corrected chi connectivity index (χ4v) is 4.62. The fourth-order valence-electron chi connectivity index (χ4n) is 3.30. The molecule has 1 N–H and O–H groups in total. The first-order valence-corrected chi connectivity index (χ1v) is 11.6. The number of aryl methyl sites for hydroxylation is 4. The van der Waals surface area contributed by atoms with E-state index in [0.29, 0.717) is 23.4 Å². The Morgan fingerprint density at radius 1 is 0.839 bits per heavy atom. The molecule has 0 bridgehead atoms. The molecule has 0 spiro atoms. The number of anilines is 1. The van der Waals surface area contributed by atoms with Crippen molar-refractivity contribution in [1.82, 2.24) is 4.90 Å². The summed E-state index contributed by atoms with van der Waals surface area (Å²) in [5.74, 6) is -0.233. The highest BCUT2D eigenvalue weighted by Gasteiger charge is 2.21. The standard InChI is InChI=1S/C25H28N2O3S/c1-17-6-10-21(11-7-17)16-27(5)25(28)22-12-8-19(3)24(15-22)31(29,30)26-23-13-9-18(2)20(4)14-23/h6-15,26H,16H2,1-5H3. The zero-order valence-corrected chi connectivity index (χ0v) is 19.4. The Morgan fingerprint density at radius 3 is 2.13 bits per heavy atom. The number of sulfonamides is 1. The Hall–Kier alpha value is -3.12. The van der Waals surface area contributed by atoms with Crippen LogP contribution in [-0.4, -0.2) is 26.3 Å². The van der Waals surface area contributed by atoms with Gasteiger partial charge < -0.3 is 4.90 Å². The van der Waals surface area contributed by atoms with Crippen molar-refractivity contribution >= 4 is 21.6 Å². The Bertz CT molecular complexity index is 1220. The normalized spacial score (nSPS) is 11.3. The second kappa shape index (κ2) is 8.94. The molecule has 0 saturated heterocycles. The molecule has 0 fully saturated rings. The number of benzene rings is 3. The molecule has 1 amide bonds. The third-order valence-corrected chi connectivity index (χ3v) is 6.89. The maximum Gasteiger partial charge on any atom is 0.262 e. The molecule has 0 saturated carbocycles. The van der Waals surface area contributed by atoms with Gasteiger partial charge in [-0.3, -0.25) is 9.52 Å². The summed E-state index contributed by atoms with van der Waals surface area (Å²) < 4.78 is 28.7. The largest absolute Gasteiger partial charge is 0.337 e. The summed E-state index contributed by atoms with van der Waals surface area (Å²) >= 11 is 0. The minimum atomic E-state index is -3.84. The van der Waals surface area contributed by atoms with Gasteiger partial charge in [-0.05, 0) is 74.2 Å². The van der Waals surface area contributed by atoms with Crippen LogP contribution in [0.25, 0.3) is 0 Å². The summed E-state index contributed by atoms with van der Waals surface area (Å²) in [6.07, 6.45) is 0. The molecule has 3 aromatic carbocycles.